The molecule has 2 rings (SSSR count). The molecule has 0 aromatic carbocycles. The Morgan fingerprint density at radius 1 is 0.962 bits per heavy atom. The van der Waals surface area contributed by atoms with Crippen molar-refractivity contribution in [2.24, 2.45) is 5.92 Å². The van der Waals surface area contributed by atoms with Crippen LogP contribution in [0.4, 0.5) is 4.79 Å². The highest BCUT2D eigenvalue weighted by Gasteiger charge is 2.30. The van der Waals surface area contributed by atoms with Crippen molar-refractivity contribution < 1.29 is 14.4 Å². The number of hydrogen-bond acceptors (Lipinski definition) is 3. The fraction of sp³-hybridized carbons (Fsp3) is 0.737. The van der Waals surface area contributed by atoms with E-state index in [0.29, 0.717) is 39.0 Å². The molecule has 0 aromatic heterocycles. The smallest absolute Gasteiger partial charge is 0.317 e. The minimum absolute atomic E-state index is 0.0360. The SMILES string of the molecule is C=CC(=O)N1CCC(C(=O)NC2CCN(C(=O)NC(C)(C)C)CC2)CC1. The van der Waals surface area contributed by atoms with E-state index in [2.05, 4.69) is 17.2 Å². The zero-order chi connectivity index (χ0) is 19.3. The molecule has 2 aliphatic rings. The van der Waals surface area contributed by atoms with Crippen LogP contribution in [0.3, 0.4) is 0 Å². The molecule has 0 unspecified atom stereocenters. The first-order valence-corrected chi connectivity index (χ1v) is 9.48. The summed E-state index contributed by atoms with van der Waals surface area (Å²) >= 11 is 0. The third-order valence-corrected chi connectivity index (χ3v) is 4.96. The largest absolute Gasteiger partial charge is 0.353 e. The van der Waals surface area contributed by atoms with Crippen LogP contribution < -0.4 is 10.6 Å². The van der Waals surface area contributed by atoms with Gasteiger partial charge in [-0.2, -0.15) is 0 Å². The molecule has 26 heavy (non-hydrogen) atoms. The summed E-state index contributed by atoms with van der Waals surface area (Å²) in [5.74, 6) is -0.0239. The lowest BCUT2D eigenvalue weighted by Crippen LogP contribution is -2.53. The molecule has 2 aliphatic heterocycles. The van der Waals surface area contributed by atoms with Crippen LogP contribution in [-0.4, -0.2) is 65.4 Å². The predicted octanol–water partition coefficient (Wildman–Crippen LogP) is 1.50. The van der Waals surface area contributed by atoms with Gasteiger partial charge in [-0.3, -0.25) is 9.59 Å². The molecule has 2 saturated heterocycles. The van der Waals surface area contributed by atoms with Gasteiger partial charge in [-0.25, -0.2) is 4.79 Å². The summed E-state index contributed by atoms with van der Waals surface area (Å²) in [4.78, 5) is 39.8. The molecule has 0 atom stereocenters. The molecule has 4 amide bonds. The van der Waals surface area contributed by atoms with Crippen molar-refractivity contribution in [1.29, 1.82) is 0 Å². The van der Waals surface area contributed by atoms with Crippen molar-refractivity contribution in [3.8, 4) is 0 Å². The van der Waals surface area contributed by atoms with Gasteiger partial charge in [0.05, 0.1) is 0 Å². The average molecular weight is 364 g/mol. The van der Waals surface area contributed by atoms with Crippen LogP contribution in [-0.2, 0) is 9.59 Å². The number of nitrogens with one attached hydrogen (secondary N) is 2. The molecule has 0 aliphatic carbocycles. The zero-order valence-corrected chi connectivity index (χ0v) is 16.2. The Balaban J connectivity index is 1.72. The first kappa shape index (κ1) is 20.3. The normalized spacial score (nSPS) is 19.8. The van der Waals surface area contributed by atoms with Gasteiger partial charge >= 0.3 is 6.03 Å². The Hall–Kier alpha value is -2.05. The predicted molar refractivity (Wildman–Crippen MR) is 101 cm³/mol. The molecule has 0 spiro atoms. The molecule has 7 nitrogen and oxygen atoms in total. The number of carbonyl (C=O) groups excluding carboxylic acids is 3. The molecular weight excluding hydrogens is 332 g/mol. The van der Waals surface area contributed by atoms with Crippen LogP contribution in [0.5, 0.6) is 0 Å². The second-order valence-electron chi connectivity index (χ2n) is 8.25. The van der Waals surface area contributed by atoms with Gasteiger partial charge in [0.25, 0.3) is 0 Å². The van der Waals surface area contributed by atoms with Crippen LogP contribution in [0.1, 0.15) is 46.5 Å². The lowest BCUT2D eigenvalue weighted by Gasteiger charge is -2.36. The molecular formula is C19H32N4O3. The molecule has 0 radical (unpaired) electrons. The van der Waals surface area contributed by atoms with Gasteiger partial charge in [-0.1, -0.05) is 6.58 Å². The second-order valence-corrected chi connectivity index (χ2v) is 8.25. The quantitative estimate of drug-likeness (QED) is 0.745. The summed E-state index contributed by atoms with van der Waals surface area (Å²) in [6.45, 7) is 11.9. The van der Waals surface area contributed by atoms with Gasteiger partial charge < -0.3 is 20.4 Å². The van der Waals surface area contributed by atoms with Crippen LogP contribution in [0, 0.1) is 5.92 Å². The van der Waals surface area contributed by atoms with Gasteiger partial charge in [0.1, 0.15) is 0 Å². The maximum absolute atomic E-state index is 12.5. The van der Waals surface area contributed by atoms with E-state index < -0.39 is 0 Å². The number of amides is 4. The lowest BCUT2D eigenvalue weighted by atomic mass is 9.94. The van der Waals surface area contributed by atoms with Gasteiger partial charge in [0.15, 0.2) is 0 Å². The standard InChI is InChI=1S/C19H32N4O3/c1-5-16(24)22-10-6-14(7-11-22)17(25)20-15-8-12-23(13-9-15)18(26)21-19(2,3)4/h5,14-15H,1,6-13H2,2-4H3,(H,20,25)(H,21,26). The van der Waals surface area contributed by atoms with Gasteiger partial charge in [0.2, 0.25) is 11.8 Å². The van der Waals surface area contributed by atoms with E-state index in [9.17, 15) is 14.4 Å². The van der Waals surface area contributed by atoms with Crippen LogP contribution >= 0.6 is 0 Å². The first-order valence-electron chi connectivity index (χ1n) is 9.48. The van der Waals surface area contributed by atoms with Gasteiger partial charge in [-0.05, 0) is 52.5 Å². The molecule has 146 valence electrons. The van der Waals surface area contributed by atoms with Crippen LogP contribution in [0.15, 0.2) is 12.7 Å². The second kappa shape index (κ2) is 8.56. The third kappa shape index (κ3) is 5.75. The summed E-state index contributed by atoms with van der Waals surface area (Å²) in [7, 11) is 0. The fourth-order valence-corrected chi connectivity index (χ4v) is 3.44. The lowest BCUT2D eigenvalue weighted by molar-refractivity contribution is -0.132. The van der Waals surface area contributed by atoms with Gasteiger partial charge in [0, 0.05) is 43.7 Å². The summed E-state index contributed by atoms with van der Waals surface area (Å²) in [5, 5.41) is 6.11. The Morgan fingerprint density at radius 2 is 1.50 bits per heavy atom. The molecule has 7 heteroatoms. The number of likely N-dealkylation sites (tertiary alicyclic amines) is 2. The highest BCUT2D eigenvalue weighted by molar-refractivity contribution is 5.87. The number of urea groups is 1. The summed E-state index contributed by atoms with van der Waals surface area (Å²) in [6, 6.07) is 0.0792. The highest BCUT2D eigenvalue weighted by Crippen LogP contribution is 2.19. The monoisotopic (exact) mass is 364 g/mol. The van der Waals surface area contributed by atoms with Crippen LogP contribution in [0.25, 0.3) is 0 Å². The Morgan fingerprint density at radius 3 is 2.00 bits per heavy atom. The minimum atomic E-state index is -0.246. The minimum Gasteiger partial charge on any atom is -0.353 e. The van der Waals surface area contributed by atoms with Gasteiger partial charge in [-0.15, -0.1) is 0 Å². The molecule has 0 aromatic rings. The summed E-state index contributed by atoms with van der Waals surface area (Å²) in [6.07, 6.45) is 4.26. The number of piperidine rings is 2. The van der Waals surface area contributed by atoms with Crippen molar-refractivity contribution in [1.82, 2.24) is 20.4 Å². The topological polar surface area (TPSA) is 81.8 Å². The van der Waals surface area contributed by atoms with Crippen LogP contribution in [0.2, 0.25) is 0 Å². The molecule has 0 saturated carbocycles. The highest BCUT2D eigenvalue weighted by atomic mass is 16.2. The maximum atomic E-state index is 12.5. The number of hydrogen-bond donors (Lipinski definition) is 2. The number of carbonyl (C=O) groups is 3. The van der Waals surface area contributed by atoms with E-state index in [1.807, 2.05) is 25.7 Å². The summed E-state index contributed by atoms with van der Waals surface area (Å²) < 4.78 is 0. The van der Waals surface area contributed by atoms with E-state index in [0.717, 1.165) is 12.8 Å². The van der Waals surface area contributed by atoms with Crippen molar-refractivity contribution in [2.75, 3.05) is 26.2 Å². The molecule has 0 bridgehead atoms. The Labute approximate surface area is 156 Å². The van der Waals surface area contributed by atoms with Crippen molar-refractivity contribution in [3.05, 3.63) is 12.7 Å². The van der Waals surface area contributed by atoms with E-state index in [-0.39, 0.29) is 35.3 Å². The Kier molecular flexibility index (Phi) is 6.67. The molecule has 2 N–H and O–H groups in total. The van der Waals surface area contributed by atoms with E-state index >= 15 is 0 Å². The maximum Gasteiger partial charge on any atom is 0.317 e. The van der Waals surface area contributed by atoms with Crippen molar-refractivity contribution >= 4 is 17.8 Å². The third-order valence-electron chi connectivity index (χ3n) is 4.96. The fourth-order valence-electron chi connectivity index (χ4n) is 3.44. The average Bonchev–Trinajstić information content (AvgIpc) is 2.60. The van der Waals surface area contributed by atoms with Crippen molar-refractivity contribution in [2.45, 2.75) is 58.0 Å². The van der Waals surface area contributed by atoms with E-state index in [4.69, 9.17) is 0 Å². The van der Waals surface area contributed by atoms with Crippen molar-refractivity contribution in [3.63, 3.8) is 0 Å². The molecule has 2 heterocycles. The first-order chi connectivity index (χ1) is 12.2. The summed E-state index contributed by atoms with van der Waals surface area (Å²) in [5.41, 5.74) is -0.246. The number of rotatable bonds is 3. The van der Waals surface area contributed by atoms with E-state index in [1.165, 1.54) is 6.08 Å². The molecule has 2 fully saturated rings. The number of nitrogens with zero attached hydrogens (tertiary/aromatic N) is 2. The zero-order valence-electron chi connectivity index (χ0n) is 16.2. The van der Waals surface area contributed by atoms with E-state index in [1.54, 1.807) is 4.90 Å². The Bertz CT molecular complexity index is 539.